The van der Waals surface area contributed by atoms with Gasteiger partial charge in [0.15, 0.2) is 6.67 Å². The van der Waals surface area contributed by atoms with E-state index >= 15 is 0 Å². The van der Waals surface area contributed by atoms with Crippen LogP contribution in [0, 0.1) is 0 Å². The van der Waals surface area contributed by atoms with Crippen LogP contribution in [0.2, 0.25) is 0 Å². The molecule has 0 aromatic heterocycles. The van der Waals surface area contributed by atoms with E-state index in [1.54, 1.807) is 0 Å². The molecule has 0 heterocycles. The van der Waals surface area contributed by atoms with E-state index in [1.807, 2.05) is 0 Å². The van der Waals surface area contributed by atoms with Crippen molar-refractivity contribution in [1.82, 2.24) is 0 Å². The van der Waals surface area contributed by atoms with Gasteiger partial charge in [-0.15, -0.1) is 0 Å². The van der Waals surface area contributed by atoms with Crippen molar-refractivity contribution in [2.45, 2.75) is 86.2 Å². The molecule has 0 saturated heterocycles. The zero-order valence-corrected chi connectivity index (χ0v) is 20.9. The van der Waals surface area contributed by atoms with Crippen LogP contribution in [-0.4, -0.2) is 86.4 Å². The summed E-state index contributed by atoms with van der Waals surface area (Å²) in [6.07, 6.45) is -59.2. The summed E-state index contributed by atoms with van der Waals surface area (Å²) >= 11 is 0. The molecule has 0 rings (SSSR count). The van der Waals surface area contributed by atoms with E-state index in [9.17, 15) is 149 Å². The van der Waals surface area contributed by atoms with Crippen LogP contribution in [0.5, 0.6) is 0 Å². The van der Waals surface area contributed by atoms with Gasteiger partial charge in [-0.3, -0.25) is 0 Å². The minimum atomic E-state index is -6.62. The Morgan fingerprint density at radius 2 is 0.592 bits per heavy atom. The minimum absolute atomic E-state index is 2.70. The lowest BCUT2D eigenvalue weighted by atomic mass is 10.3. The molecular weight excluding hydrogens is 826 g/mol. The molecule has 34 heteroatoms. The molecule has 0 atom stereocenters. The standard InChI is InChI=1S/C3F8.2C3HF7.2C3H2F6/c4-1(5,2(6,7)8)3(9,10)11;4-1(5)2(6,7)3(8,9)10;4-1(2(5,6)7)3(8,9)10;4-1-2(5,6)3(7,8)9;4-2(5,6)1-3(7,8)9/h;2*1H;2*1H2. The lowest BCUT2D eigenvalue weighted by Crippen LogP contribution is -2.49. The van der Waals surface area contributed by atoms with E-state index in [1.165, 1.54) is 0 Å². The lowest BCUT2D eigenvalue weighted by Gasteiger charge is -2.21. The molecule has 0 aliphatic rings. The smallest absolute Gasteiger partial charge is 0.244 e. The molecule has 0 saturated carbocycles. The molecule has 0 N–H and O–H groups in total. The largest absolute Gasteiger partial charge is 0.463 e. The third kappa shape index (κ3) is 23.6. The monoisotopic (exact) mass is 832 g/mol. The molecule has 0 aromatic carbocycles. The third-order valence-electron chi connectivity index (χ3n) is 2.92. The topological polar surface area (TPSA) is 0 Å². The maximum Gasteiger partial charge on any atom is 0.463 e. The molecule has 0 aliphatic carbocycles. The van der Waals surface area contributed by atoms with Crippen LogP contribution in [0.4, 0.5) is 149 Å². The highest BCUT2D eigenvalue weighted by Gasteiger charge is 2.74. The molecule has 0 aliphatic heterocycles. The first kappa shape index (κ1) is 56.0. The average molecular weight is 832 g/mol. The van der Waals surface area contributed by atoms with Crippen LogP contribution in [0.1, 0.15) is 6.42 Å². The molecule has 49 heavy (non-hydrogen) atoms. The first-order valence-corrected chi connectivity index (χ1v) is 9.52. The van der Waals surface area contributed by atoms with Gasteiger partial charge in [0.25, 0.3) is 6.17 Å². The summed E-state index contributed by atoms with van der Waals surface area (Å²) in [6, 6.07) is 0. The maximum absolute atomic E-state index is 11.2. The van der Waals surface area contributed by atoms with Crippen molar-refractivity contribution in [3.63, 3.8) is 0 Å². The molecule has 0 bridgehead atoms. The Labute approximate surface area is 243 Å². The second kappa shape index (κ2) is 17.7. The number of alkyl halides is 34. The van der Waals surface area contributed by atoms with E-state index in [0.29, 0.717) is 0 Å². The first-order chi connectivity index (χ1) is 20.4. The summed E-state index contributed by atoms with van der Waals surface area (Å²) in [5, 5.41) is 0. The highest BCUT2D eigenvalue weighted by molar-refractivity contribution is 4.83. The Morgan fingerprint density at radius 3 is 0.592 bits per heavy atom. The van der Waals surface area contributed by atoms with Crippen molar-refractivity contribution in [3.05, 3.63) is 0 Å². The lowest BCUT2D eigenvalue weighted by molar-refractivity contribution is -0.389. The van der Waals surface area contributed by atoms with Gasteiger partial charge in [0, 0.05) is 0 Å². The fourth-order valence-electron chi connectivity index (χ4n) is 0.773. The fourth-order valence-corrected chi connectivity index (χ4v) is 0.773. The van der Waals surface area contributed by atoms with Crippen molar-refractivity contribution in [2.24, 2.45) is 0 Å². The Balaban J connectivity index is -0.000000165. The molecule has 0 unspecified atom stereocenters. The second-order valence-corrected chi connectivity index (χ2v) is 7.18. The predicted octanol–water partition coefficient (Wildman–Crippen LogP) is 12.3. The summed E-state index contributed by atoms with van der Waals surface area (Å²) in [7, 11) is 0. The van der Waals surface area contributed by atoms with Crippen LogP contribution in [0.25, 0.3) is 0 Å². The molecule has 0 aromatic rings. The van der Waals surface area contributed by atoms with Crippen molar-refractivity contribution >= 4 is 0 Å². The average Bonchev–Trinajstić information content (AvgIpc) is 2.73. The Kier molecular flexibility index (Phi) is 20.2. The van der Waals surface area contributed by atoms with Crippen LogP contribution in [-0.2, 0) is 0 Å². The van der Waals surface area contributed by atoms with Gasteiger partial charge in [0.1, 0.15) is 6.42 Å². The quantitative estimate of drug-likeness (QED) is 0.243. The molecule has 0 amide bonds. The van der Waals surface area contributed by atoms with Crippen molar-refractivity contribution < 1.29 is 149 Å². The van der Waals surface area contributed by atoms with Crippen LogP contribution in [0.15, 0.2) is 0 Å². The predicted molar refractivity (Wildman–Crippen MR) is 84.8 cm³/mol. The fraction of sp³-hybridized carbons (Fsp3) is 1.00. The molecular formula is C15H6F34. The zero-order valence-electron chi connectivity index (χ0n) is 20.9. The van der Waals surface area contributed by atoms with Crippen LogP contribution in [0.3, 0.4) is 0 Å². The van der Waals surface area contributed by atoms with Crippen molar-refractivity contribution in [2.75, 3.05) is 6.67 Å². The van der Waals surface area contributed by atoms with E-state index in [4.69, 9.17) is 0 Å². The number of rotatable bonds is 2. The van der Waals surface area contributed by atoms with Crippen molar-refractivity contribution in [3.8, 4) is 0 Å². The second-order valence-electron chi connectivity index (χ2n) is 7.18. The maximum atomic E-state index is 11.2. The molecule has 0 nitrogen and oxygen atoms in total. The SMILES string of the molecule is FC(C(F)(F)F)C(F)(F)F.FC(F)(F)C(F)(F)C(F)(F)F.FC(F)(F)CC(F)(F)F.FC(F)C(F)(F)C(F)(F)F.FCC(F)(F)C(F)(F)F. The van der Waals surface area contributed by atoms with Crippen molar-refractivity contribution in [1.29, 1.82) is 0 Å². The molecule has 0 fully saturated rings. The molecule has 304 valence electrons. The van der Waals surface area contributed by atoms with Gasteiger partial charge < -0.3 is 0 Å². The summed E-state index contributed by atoms with van der Waals surface area (Å²) in [5.74, 6) is -17.7. The van der Waals surface area contributed by atoms with Gasteiger partial charge >= 0.3 is 73.6 Å². The highest BCUT2D eigenvalue weighted by Crippen LogP contribution is 2.47. The molecule has 0 radical (unpaired) electrons. The molecule has 0 spiro atoms. The summed E-state index contributed by atoms with van der Waals surface area (Å²) in [4.78, 5) is 0. The first-order valence-electron chi connectivity index (χ1n) is 9.52. The van der Waals surface area contributed by atoms with Gasteiger partial charge in [-0.2, -0.15) is 132 Å². The van der Waals surface area contributed by atoms with Gasteiger partial charge in [0.05, 0.1) is 0 Å². The van der Waals surface area contributed by atoms with Crippen LogP contribution < -0.4 is 0 Å². The number of halogens is 34. The van der Waals surface area contributed by atoms with Gasteiger partial charge in [-0.05, 0) is 0 Å². The van der Waals surface area contributed by atoms with E-state index in [-0.39, 0.29) is 0 Å². The summed E-state index contributed by atoms with van der Waals surface area (Å²) in [6.45, 7) is -2.70. The van der Waals surface area contributed by atoms with E-state index in [2.05, 4.69) is 0 Å². The normalized spacial score (nSPS) is 14.4. The van der Waals surface area contributed by atoms with Crippen LogP contribution >= 0.6 is 0 Å². The highest BCUT2D eigenvalue weighted by atomic mass is 19.5. The third-order valence-corrected chi connectivity index (χ3v) is 2.92. The summed E-state index contributed by atoms with van der Waals surface area (Å²) in [5.41, 5.74) is 0. The van der Waals surface area contributed by atoms with Gasteiger partial charge in [-0.25, -0.2) is 17.6 Å². The Hall–Kier alpha value is -2.38. The van der Waals surface area contributed by atoms with Gasteiger partial charge in [0.2, 0.25) is 0 Å². The number of hydrogen-bond acceptors (Lipinski definition) is 0. The number of hydrogen-bond donors (Lipinski definition) is 0. The zero-order chi connectivity index (χ0) is 42.1. The van der Waals surface area contributed by atoms with Gasteiger partial charge in [-0.1, -0.05) is 0 Å². The minimum Gasteiger partial charge on any atom is -0.244 e. The van der Waals surface area contributed by atoms with E-state index in [0.717, 1.165) is 0 Å². The Bertz CT molecular complexity index is 830. The Morgan fingerprint density at radius 1 is 0.347 bits per heavy atom. The summed E-state index contributed by atoms with van der Waals surface area (Å²) < 4.78 is 371. The van der Waals surface area contributed by atoms with E-state index < -0.39 is 92.9 Å².